The highest BCUT2D eigenvalue weighted by Crippen LogP contribution is 2.21. The van der Waals surface area contributed by atoms with Gasteiger partial charge in [0.05, 0.1) is 12.8 Å². The lowest BCUT2D eigenvalue weighted by molar-refractivity contribution is -0.142. The van der Waals surface area contributed by atoms with Crippen LogP contribution in [-0.4, -0.2) is 30.0 Å². The Morgan fingerprint density at radius 1 is 1.08 bits per heavy atom. The van der Waals surface area contributed by atoms with Gasteiger partial charge in [-0.3, -0.25) is 4.79 Å². The molecule has 6 heteroatoms. The van der Waals surface area contributed by atoms with Gasteiger partial charge in [-0.1, -0.05) is 60.7 Å². The Morgan fingerprint density at radius 2 is 1.73 bits per heavy atom. The van der Waals surface area contributed by atoms with Crippen molar-refractivity contribution in [2.24, 2.45) is 0 Å². The summed E-state index contributed by atoms with van der Waals surface area (Å²) in [5, 5.41) is 4.87. The predicted octanol–water partition coefficient (Wildman–Crippen LogP) is 3.32. The minimum atomic E-state index is -0.765. The normalized spacial score (nSPS) is 11.6. The van der Waals surface area contributed by atoms with Crippen molar-refractivity contribution in [3.63, 3.8) is 0 Å². The van der Waals surface area contributed by atoms with Crippen LogP contribution in [0.5, 0.6) is 0 Å². The Bertz CT molecular complexity index is 878. The second-order valence-corrected chi connectivity index (χ2v) is 6.50. The molecule has 0 radical (unpaired) electrons. The average Bonchev–Trinajstić information content (AvgIpc) is 3.19. The molecule has 1 heterocycles. The molecular weight excluding hydrogens is 348 g/mol. The molecule has 1 unspecified atom stereocenters. The van der Waals surface area contributed by atoms with Gasteiger partial charge >= 0.3 is 5.97 Å². The third-order valence-corrected chi connectivity index (χ3v) is 4.68. The van der Waals surface area contributed by atoms with Crippen molar-refractivity contribution >= 4 is 23.2 Å². The first-order chi connectivity index (χ1) is 12.7. The Morgan fingerprint density at radius 3 is 2.38 bits per heavy atom. The van der Waals surface area contributed by atoms with Gasteiger partial charge in [-0.15, -0.1) is 11.3 Å². The summed E-state index contributed by atoms with van der Waals surface area (Å²) in [5.74, 6) is -0.870. The van der Waals surface area contributed by atoms with E-state index in [1.807, 2.05) is 66.0 Å². The van der Waals surface area contributed by atoms with E-state index >= 15 is 0 Å². The molecule has 1 atom stereocenters. The van der Waals surface area contributed by atoms with Crippen LogP contribution in [0.2, 0.25) is 0 Å². The van der Waals surface area contributed by atoms with Crippen LogP contribution in [0.15, 0.2) is 66.0 Å². The van der Waals surface area contributed by atoms with Crippen molar-refractivity contribution in [3.8, 4) is 11.3 Å². The molecule has 2 aromatic carbocycles. The number of esters is 1. The van der Waals surface area contributed by atoms with Crippen molar-refractivity contribution in [1.82, 2.24) is 10.3 Å². The fourth-order valence-electron chi connectivity index (χ4n) is 2.52. The lowest BCUT2D eigenvalue weighted by Crippen LogP contribution is -2.43. The number of methoxy groups -OCH3 is 1. The molecule has 0 saturated heterocycles. The van der Waals surface area contributed by atoms with Crippen LogP contribution in [0.3, 0.4) is 0 Å². The van der Waals surface area contributed by atoms with Crippen molar-refractivity contribution in [2.45, 2.75) is 12.5 Å². The monoisotopic (exact) mass is 366 g/mol. The average molecular weight is 366 g/mol. The van der Waals surface area contributed by atoms with Gasteiger partial charge in [-0.05, 0) is 5.56 Å². The zero-order valence-corrected chi connectivity index (χ0v) is 15.0. The number of aromatic nitrogens is 1. The van der Waals surface area contributed by atoms with E-state index in [2.05, 4.69) is 10.3 Å². The third kappa shape index (κ3) is 4.34. The van der Waals surface area contributed by atoms with Crippen molar-refractivity contribution < 1.29 is 14.3 Å². The highest BCUT2D eigenvalue weighted by molar-refractivity contribution is 7.12. The number of rotatable bonds is 6. The molecule has 1 aromatic heterocycles. The predicted molar refractivity (Wildman–Crippen MR) is 101 cm³/mol. The molecule has 0 bridgehead atoms. The van der Waals surface area contributed by atoms with Crippen molar-refractivity contribution in [1.29, 1.82) is 0 Å². The van der Waals surface area contributed by atoms with Gasteiger partial charge < -0.3 is 10.1 Å². The first-order valence-corrected chi connectivity index (χ1v) is 8.99. The number of carbonyl (C=O) groups is 2. The largest absolute Gasteiger partial charge is 0.467 e. The highest BCUT2D eigenvalue weighted by atomic mass is 32.1. The molecule has 1 amide bonds. The van der Waals surface area contributed by atoms with Crippen LogP contribution in [0.25, 0.3) is 11.3 Å². The van der Waals surface area contributed by atoms with E-state index in [1.165, 1.54) is 18.4 Å². The smallest absolute Gasteiger partial charge is 0.328 e. The zero-order valence-electron chi connectivity index (χ0n) is 14.2. The van der Waals surface area contributed by atoms with E-state index in [-0.39, 0.29) is 5.91 Å². The van der Waals surface area contributed by atoms with Crippen LogP contribution >= 0.6 is 11.3 Å². The number of carbonyl (C=O) groups excluding carboxylic acids is 2. The molecule has 26 heavy (non-hydrogen) atoms. The maximum Gasteiger partial charge on any atom is 0.328 e. The summed E-state index contributed by atoms with van der Waals surface area (Å²) in [5.41, 5.74) is 2.61. The molecular formula is C20H18N2O3S. The van der Waals surface area contributed by atoms with E-state index in [0.717, 1.165) is 16.8 Å². The SMILES string of the molecule is COC(=O)C(Cc1ccccc1)NC(=O)c1nc(-c2ccccc2)cs1. The summed E-state index contributed by atoms with van der Waals surface area (Å²) < 4.78 is 4.83. The molecule has 1 N–H and O–H groups in total. The summed E-state index contributed by atoms with van der Waals surface area (Å²) in [6, 6.07) is 18.3. The summed E-state index contributed by atoms with van der Waals surface area (Å²) in [7, 11) is 1.31. The van der Waals surface area contributed by atoms with Gasteiger partial charge in [0.15, 0.2) is 5.01 Å². The number of ether oxygens (including phenoxy) is 1. The van der Waals surface area contributed by atoms with Crippen LogP contribution in [0.1, 0.15) is 15.4 Å². The van der Waals surface area contributed by atoms with Crippen LogP contribution < -0.4 is 5.32 Å². The molecule has 3 rings (SSSR count). The third-order valence-electron chi connectivity index (χ3n) is 3.84. The van der Waals surface area contributed by atoms with E-state index in [0.29, 0.717) is 11.4 Å². The minimum Gasteiger partial charge on any atom is -0.467 e. The second-order valence-electron chi connectivity index (χ2n) is 5.64. The lowest BCUT2D eigenvalue weighted by Gasteiger charge is -2.15. The molecule has 0 saturated carbocycles. The maximum atomic E-state index is 12.5. The Balaban J connectivity index is 1.73. The number of hydrogen-bond acceptors (Lipinski definition) is 5. The molecule has 0 aliphatic rings. The first kappa shape index (κ1) is 17.8. The number of nitrogens with one attached hydrogen (secondary N) is 1. The van der Waals surface area contributed by atoms with Gasteiger partial charge in [0.2, 0.25) is 0 Å². The number of nitrogens with zero attached hydrogens (tertiary/aromatic N) is 1. The Hall–Kier alpha value is -2.99. The van der Waals surface area contributed by atoms with Crippen LogP contribution in [0.4, 0.5) is 0 Å². The standard InChI is InChI=1S/C20H18N2O3S/c1-25-20(24)16(12-14-8-4-2-5-9-14)21-18(23)19-22-17(13-26-19)15-10-6-3-7-11-15/h2-11,13,16H,12H2,1H3,(H,21,23). The number of benzene rings is 2. The van der Waals surface area contributed by atoms with Gasteiger partial charge in [-0.2, -0.15) is 0 Å². The molecule has 0 spiro atoms. The fourth-order valence-corrected chi connectivity index (χ4v) is 3.25. The fraction of sp³-hybridized carbons (Fsp3) is 0.150. The summed E-state index contributed by atoms with van der Waals surface area (Å²) in [6.07, 6.45) is 0.357. The van der Waals surface area contributed by atoms with E-state index < -0.39 is 12.0 Å². The Kier molecular flexibility index (Phi) is 5.76. The van der Waals surface area contributed by atoms with E-state index in [1.54, 1.807) is 0 Å². The molecule has 0 fully saturated rings. The van der Waals surface area contributed by atoms with E-state index in [9.17, 15) is 9.59 Å². The Labute approximate surface area is 155 Å². The summed E-state index contributed by atoms with van der Waals surface area (Å²) in [6.45, 7) is 0. The lowest BCUT2D eigenvalue weighted by atomic mass is 10.1. The zero-order chi connectivity index (χ0) is 18.4. The highest BCUT2D eigenvalue weighted by Gasteiger charge is 2.24. The number of hydrogen-bond donors (Lipinski definition) is 1. The van der Waals surface area contributed by atoms with Gasteiger partial charge in [0.1, 0.15) is 6.04 Å². The first-order valence-electron chi connectivity index (χ1n) is 8.11. The van der Waals surface area contributed by atoms with Crippen LogP contribution in [0, 0.1) is 0 Å². The summed E-state index contributed by atoms with van der Waals surface area (Å²) >= 11 is 1.24. The van der Waals surface area contributed by atoms with Crippen molar-refractivity contribution in [2.75, 3.05) is 7.11 Å². The summed E-state index contributed by atoms with van der Waals surface area (Å²) in [4.78, 5) is 29.0. The minimum absolute atomic E-state index is 0.311. The maximum absolute atomic E-state index is 12.5. The van der Waals surface area contributed by atoms with Crippen LogP contribution in [-0.2, 0) is 16.0 Å². The van der Waals surface area contributed by atoms with Gasteiger partial charge in [0.25, 0.3) is 5.91 Å². The molecule has 0 aliphatic carbocycles. The quantitative estimate of drug-likeness (QED) is 0.680. The van der Waals surface area contributed by atoms with Crippen molar-refractivity contribution in [3.05, 3.63) is 76.6 Å². The molecule has 132 valence electrons. The van der Waals surface area contributed by atoms with E-state index in [4.69, 9.17) is 4.74 Å². The second kappa shape index (κ2) is 8.40. The number of amides is 1. The van der Waals surface area contributed by atoms with Gasteiger partial charge in [-0.25, -0.2) is 9.78 Å². The molecule has 5 nitrogen and oxygen atoms in total. The topological polar surface area (TPSA) is 68.3 Å². The number of thiazole rings is 1. The van der Waals surface area contributed by atoms with Gasteiger partial charge in [0, 0.05) is 17.4 Å². The molecule has 0 aliphatic heterocycles. The molecule has 3 aromatic rings.